The first-order valence-corrected chi connectivity index (χ1v) is 5.84. The van der Waals surface area contributed by atoms with Gasteiger partial charge < -0.3 is 20.5 Å². The molecule has 0 heterocycles. The van der Waals surface area contributed by atoms with Crippen LogP contribution in [0.25, 0.3) is 0 Å². The third-order valence-electron chi connectivity index (χ3n) is 2.93. The number of carboxylic acids is 1. The Morgan fingerprint density at radius 3 is 2.76 bits per heavy atom. The van der Waals surface area contributed by atoms with Gasteiger partial charge in [0.25, 0.3) is 0 Å². The highest BCUT2D eigenvalue weighted by Gasteiger charge is 2.28. The molecule has 1 saturated carbocycles. The summed E-state index contributed by atoms with van der Waals surface area (Å²) in [6.07, 6.45) is 2.88. The van der Waals surface area contributed by atoms with Crippen molar-refractivity contribution in [2.45, 2.75) is 50.8 Å². The standard InChI is InChI=1S/C11H20N2O4/c1-7(6-10(14)15)12-11(16)13-8-4-3-5-9(8)17-2/h7-9H,3-6H2,1-2H3,(H,14,15)(H2,12,13,16). The van der Waals surface area contributed by atoms with Crippen LogP contribution in [0.15, 0.2) is 0 Å². The van der Waals surface area contributed by atoms with Crippen LogP contribution in [0.1, 0.15) is 32.6 Å². The summed E-state index contributed by atoms with van der Waals surface area (Å²) in [7, 11) is 1.63. The van der Waals surface area contributed by atoms with Gasteiger partial charge in [-0.3, -0.25) is 4.79 Å². The Morgan fingerprint density at radius 1 is 1.47 bits per heavy atom. The number of rotatable bonds is 5. The van der Waals surface area contributed by atoms with Crippen LogP contribution in [0.2, 0.25) is 0 Å². The van der Waals surface area contributed by atoms with E-state index in [0.717, 1.165) is 19.3 Å². The SMILES string of the molecule is COC1CCCC1NC(=O)NC(C)CC(=O)O. The van der Waals surface area contributed by atoms with E-state index in [1.807, 2.05) is 0 Å². The van der Waals surface area contributed by atoms with Crippen LogP contribution in [-0.2, 0) is 9.53 Å². The molecule has 6 heteroatoms. The van der Waals surface area contributed by atoms with Gasteiger partial charge in [-0.1, -0.05) is 0 Å². The molecule has 3 N–H and O–H groups in total. The molecule has 1 aliphatic rings. The van der Waals surface area contributed by atoms with Crippen LogP contribution in [0, 0.1) is 0 Å². The number of hydrogen-bond acceptors (Lipinski definition) is 3. The number of amides is 2. The molecule has 98 valence electrons. The molecular formula is C11H20N2O4. The Balaban J connectivity index is 2.31. The van der Waals surface area contributed by atoms with E-state index in [2.05, 4.69) is 10.6 Å². The Hall–Kier alpha value is -1.30. The Bertz CT molecular complexity index is 283. The smallest absolute Gasteiger partial charge is 0.315 e. The quantitative estimate of drug-likeness (QED) is 0.665. The lowest BCUT2D eigenvalue weighted by Crippen LogP contribution is -2.48. The third kappa shape index (κ3) is 4.60. The monoisotopic (exact) mass is 244 g/mol. The predicted molar refractivity (Wildman–Crippen MR) is 61.8 cm³/mol. The number of nitrogens with one attached hydrogen (secondary N) is 2. The largest absolute Gasteiger partial charge is 0.481 e. The van der Waals surface area contributed by atoms with Crippen LogP contribution in [-0.4, -0.2) is 42.4 Å². The van der Waals surface area contributed by atoms with Crippen molar-refractivity contribution < 1.29 is 19.4 Å². The minimum absolute atomic E-state index is 0.0250. The van der Waals surface area contributed by atoms with Gasteiger partial charge in [0, 0.05) is 13.2 Å². The highest BCUT2D eigenvalue weighted by Crippen LogP contribution is 2.21. The molecule has 17 heavy (non-hydrogen) atoms. The number of carboxylic acid groups (broad SMARTS) is 1. The number of hydrogen-bond donors (Lipinski definition) is 3. The molecule has 0 aromatic heterocycles. The molecule has 6 nitrogen and oxygen atoms in total. The number of methoxy groups -OCH3 is 1. The molecule has 1 aliphatic carbocycles. The van der Waals surface area contributed by atoms with Gasteiger partial charge in [0.05, 0.1) is 18.6 Å². The first-order chi connectivity index (χ1) is 8.02. The van der Waals surface area contributed by atoms with Gasteiger partial charge in [-0.05, 0) is 26.2 Å². The van der Waals surface area contributed by atoms with Crippen molar-refractivity contribution in [3.8, 4) is 0 Å². The van der Waals surface area contributed by atoms with Crippen LogP contribution >= 0.6 is 0 Å². The van der Waals surface area contributed by atoms with E-state index in [4.69, 9.17) is 9.84 Å². The van der Waals surface area contributed by atoms with E-state index in [9.17, 15) is 9.59 Å². The molecule has 0 aliphatic heterocycles. The van der Waals surface area contributed by atoms with E-state index in [-0.39, 0.29) is 30.6 Å². The highest BCUT2D eigenvalue weighted by molar-refractivity contribution is 5.76. The molecule has 3 atom stereocenters. The van der Waals surface area contributed by atoms with Gasteiger partial charge in [0.1, 0.15) is 0 Å². The average Bonchev–Trinajstić information content (AvgIpc) is 2.63. The fourth-order valence-corrected chi connectivity index (χ4v) is 2.12. The molecule has 2 amide bonds. The van der Waals surface area contributed by atoms with E-state index in [1.165, 1.54) is 0 Å². The minimum atomic E-state index is -0.923. The molecule has 0 bridgehead atoms. The zero-order chi connectivity index (χ0) is 12.8. The fraction of sp³-hybridized carbons (Fsp3) is 0.818. The first kappa shape index (κ1) is 13.8. The third-order valence-corrected chi connectivity index (χ3v) is 2.93. The molecular weight excluding hydrogens is 224 g/mol. The summed E-state index contributed by atoms with van der Waals surface area (Å²) in [4.78, 5) is 22.0. The lowest BCUT2D eigenvalue weighted by Gasteiger charge is -2.21. The summed E-state index contributed by atoms with van der Waals surface area (Å²) in [5.41, 5.74) is 0. The molecule has 1 fully saturated rings. The second-order valence-corrected chi connectivity index (χ2v) is 4.43. The van der Waals surface area contributed by atoms with Crippen molar-refractivity contribution in [2.75, 3.05) is 7.11 Å². The summed E-state index contributed by atoms with van der Waals surface area (Å²) in [6.45, 7) is 1.66. The van der Waals surface area contributed by atoms with E-state index < -0.39 is 5.97 Å². The summed E-state index contributed by atoms with van der Waals surface area (Å²) in [6, 6.07) is -0.681. The van der Waals surface area contributed by atoms with Crippen LogP contribution in [0.4, 0.5) is 4.79 Å². The fourth-order valence-electron chi connectivity index (χ4n) is 2.12. The Morgan fingerprint density at radius 2 is 2.18 bits per heavy atom. The maximum absolute atomic E-state index is 11.6. The lowest BCUT2D eigenvalue weighted by molar-refractivity contribution is -0.137. The Labute approximate surface area is 101 Å². The topological polar surface area (TPSA) is 87.7 Å². The molecule has 0 radical (unpaired) electrons. The van der Waals surface area contributed by atoms with Gasteiger partial charge in [0.15, 0.2) is 0 Å². The number of ether oxygens (including phenoxy) is 1. The van der Waals surface area contributed by atoms with Crippen LogP contribution < -0.4 is 10.6 Å². The van der Waals surface area contributed by atoms with Crippen molar-refractivity contribution in [3.63, 3.8) is 0 Å². The number of aliphatic carboxylic acids is 1. The van der Waals surface area contributed by atoms with Gasteiger partial charge >= 0.3 is 12.0 Å². The van der Waals surface area contributed by atoms with Crippen LogP contribution in [0.5, 0.6) is 0 Å². The van der Waals surface area contributed by atoms with Gasteiger partial charge in [-0.2, -0.15) is 0 Å². The van der Waals surface area contributed by atoms with Crippen LogP contribution in [0.3, 0.4) is 0 Å². The summed E-state index contributed by atoms with van der Waals surface area (Å²) < 4.78 is 5.26. The van der Waals surface area contributed by atoms with Crippen molar-refractivity contribution in [1.29, 1.82) is 0 Å². The zero-order valence-corrected chi connectivity index (χ0v) is 10.2. The molecule has 3 unspecified atom stereocenters. The van der Waals surface area contributed by atoms with Crippen molar-refractivity contribution in [1.82, 2.24) is 10.6 Å². The second kappa shape index (κ2) is 6.44. The van der Waals surface area contributed by atoms with E-state index >= 15 is 0 Å². The molecule has 1 rings (SSSR count). The summed E-state index contributed by atoms with van der Waals surface area (Å²) in [5, 5.41) is 14.0. The van der Waals surface area contributed by atoms with Gasteiger partial charge in [0.2, 0.25) is 0 Å². The summed E-state index contributed by atoms with van der Waals surface area (Å²) >= 11 is 0. The maximum Gasteiger partial charge on any atom is 0.315 e. The second-order valence-electron chi connectivity index (χ2n) is 4.43. The van der Waals surface area contributed by atoms with Crippen molar-refractivity contribution in [2.24, 2.45) is 0 Å². The normalized spacial score (nSPS) is 25.3. The Kier molecular flexibility index (Phi) is 5.21. The molecule has 0 aromatic carbocycles. The zero-order valence-electron chi connectivity index (χ0n) is 10.2. The van der Waals surface area contributed by atoms with E-state index in [0.29, 0.717) is 0 Å². The molecule has 0 saturated heterocycles. The van der Waals surface area contributed by atoms with Gasteiger partial charge in [-0.25, -0.2) is 4.79 Å². The van der Waals surface area contributed by atoms with Crippen molar-refractivity contribution in [3.05, 3.63) is 0 Å². The van der Waals surface area contributed by atoms with E-state index in [1.54, 1.807) is 14.0 Å². The number of urea groups is 1. The number of carbonyl (C=O) groups excluding carboxylic acids is 1. The average molecular weight is 244 g/mol. The lowest BCUT2D eigenvalue weighted by atomic mass is 10.2. The number of carbonyl (C=O) groups is 2. The van der Waals surface area contributed by atoms with Gasteiger partial charge in [-0.15, -0.1) is 0 Å². The molecule has 0 spiro atoms. The maximum atomic E-state index is 11.6. The summed E-state index contributed by atoms with van der Waals surface area (Å²) in [5.74, 6) is -0.923. The minimum Gasteiger partial charge on any atom is -0.481 e. The van der Waals surface area contributed by atoms with Crippen molar-refractivity contribution >= 4 is 12.0 Å². The highest BCUT2D eigenvalue weighted by atomic mass is 16.5. The first-order valence-electron chi connectivity index (χ1n) is 5.84. The predicted octanol–water partition coefficient (Wildman–Crippen LogP) is 0.716. The molecule has 0 aromatic rings.